The smallest absolute Gasteiger partial charge is 0.317 e. The third-order valence-electron chi connectivity index (χ3n) is 23.4. The van der Waals surface area contributed by atoms with Gasteiger partial charge in [0.25, 0.3) is 5.91 Å². The van der Waals surface area contributed by atoms with Gasteiger partial charge in [0.05, 0.1) is 48.5 Å². The standard InChI is InChI=1S/C68H96N2O22/c1-35-56(90-59-54(82)51(79)42(75)33-87-59)53(81)55(83)60(88-35)91-57-52(80)50(70-49(78)14-9-8-10-27-69-58(84)37-17-15-36(16-18-37)32-86-43-13-11-12-41(74)38(43)30-71)44(31-72)89-61(57)92-62(85)68-26-25-63(2,3)28-40(68)39-19-20-46-64(4)23-22-47(76)65(5,34-73)45(64)21-24-66(46,6)67(39,7)29-48(68)77/h11-13,15-19,30,34-35,40,42,44-48,50-57,59-61,72,74-77,79-83H,8-10,14,20-29,31-33H2,1-7H3,(H,69,84)(H,70,78)/t35?,40?,42-,44?,45-,46?,47+,48?,50+,51?,52?,53?,54?,55?,56+,57?,59+,60+,61+,64?,65-,66?,67-,68-/m1/s1. The number of amides is 2. The first-order valence-corrected chi connectivity index (χ1v) is 32.8. The summed E-state index contributed by atoms with van der Waals surface area (Å²) in [7, 11) is 0. The Morgan fingerprint density at radius 2 is 1.46 bits per heavy atom. The molecule has 3 saturated heterocycles. The largest absolute Gasteiger partial charge is 0.507 e. The zero-order valence-electron chi connectivity index (χ0n) is 53.6. The molecule has 24 atom stereocenters. The van der Waals surface area contributed by atoms with Crippen molar-refractivity contribution in [3.05, 3.63) is 70.8 Å². The van der Waals surface area contributed by atoms with Crippen LogP contribution in [0.5, 0.6) is 11.5 Å². The van der Waals surface area contributed by atoms with Crippen LogP contribution in [0.15, 0.2) is 54.1 Å². The number of aromatic hydroxyl groups is 1. The molecular formula is C68H96N2O22. The highest BCUT2D eigenvalue weighted by Crippen LogP contribution is 2.76. The van der Waals surface area contributed by atoms with E-state index in [0.717, 1.165) is 24.7 Å². The Balaban J connectivity index is 0.840. The molecule has 0 radical (unpaired) electrons. The molecule has 4 saturated carbocycles. The van der Waals surface area contributed by atoms with Crippen LogP contribution in [-0.2, 0) is 49.4 Å². The van der Waals surface area contributed by atoms with E-state index in [9.17, 15) is 70.2 Å². The van der Waals surface area contributed by atoms with E-state index in [2.05, 4.69) is 51.3 Å². The number of hydrogen-bond donors (Lipinski definition) is 12. The number of carbonyl (C=O) groups is 5. The summed E-state index contributed by atoms with van der Waals surface area (Å²) in [5, 5.41) is 118. The van der Waals surface area contributed by atoms with E-state index in [4.69, 9.17) is 33.2 Å². The van der Waals surface area contributed by atoms with Gasteiger partial charge in [-0.05, 0) is 147 Å². The fraction of sp³-hybridized carbons (Fsp3) is 0.721. The lowest BCUT2D eigenvalue weighted by molar-refractivity contribution is -0.370. The van der Waals surface area contributed by atoms with Crippen LogP contribution >= 0.6 is 0 Å². The molecule has 10 rings (SSSR count). The number of fused-ring (bicyclic) bond motifs is 7. The number of unbranched alkanes of at least 4 members (excludes halogenated alkanes) is 2. The summed E-state index contributed by atoms with van der Waals surface area (Å²) in [4.78, 5) is 66.9. The summed E-state index contributed by atoms with van der Waals surface area (Å²) < 4.78 is 42.3. The second-order valence-corrected chi connectivity index (χ2v) is 29.2. The molecule has 0 bridgehead atoms. The fourth-order valence-corrected chi connectivity index (χ4v) is 17.7. The molecule has 13 unspecified atom stereocenters. The number of allylic oxidation sites excluding steroid dienone is 2. The number of phenolic OH excluding ortho intramolecular Hbond substituents is 1. The van der Waals surface area contributed by atoms with Crippen molar-refractivity contribution < 1.29 is 108 Å². The van der Waals surface area contributed by atoms with Gasteiger partial charge in [-0.25, -0.2) is 0 Å². The Morgan fingerprint density at radius 3 is 2.16 bits per heavy atom. The Morgan fingerprint density at radius 1 is 0.739 bits per heavy atom. The number of esters is 1. The third-order valence-corrected chi connectivity index (χ3v) is 23.4. The molecular weight excluding hydrogens is 1200 g/mol. The normalized spacial score (nSPS) is 42.3. The zero-order chi connectivity index (χ0) is 66.6. The van der Waals surface area contributed by atoms with Gasteiger partial charge in [0.2, 0.25) is 12.2 Å². The van der Waals surface area contributed by atoms with Crippen molar-refractivity contribution in [2.45, 2.75) is 237 Å². The van der Waals surface area contributed by atoms with Crippen LogP contribution in [0.25, 0.3) is 0 Å². The van der Waals surface area contributed by atoms with Crippen molar-refractivity contribution in [2.75, 3.05) is 19.8 Å². The highest BCUT2D eigenvalue weighted by molar-refractivity contribution is 5.94. The Bertz CT molecular complexity index is 3020. The lowest BCUT2D eigenvalue weighted by Gasteiger charge is -2.71. The number of benzene rings is 2. The second kappa shape index (κ2) is 27.2. The summed E-state index contributed by atoms with van der Waals surface area (Å²) >= 11 is 0. The highest BCUT2D eigenvalue weighted by Gasteiger charge is 2.72. The Hall–Kier alpha value is -5.03. The minimum Gasteiger partial charge on any atom is -0.507 e. The van der Waals surface area contributed by atoms with E-state index >= 15 is 4.79 Å². The van der Waals surface area contributed by atoms with Gasteiger partial charge >= 0.3 is 5.97 Å². The first-order chi connectivity index (χ1) is 43.5. The Labute approximate surface area is 536 Å². The van der Waals surface area contributed by atoms with E-state index in [1.54, 1.807) is 36.4 Å². The van der Waals surface area contributed by atoms with Gasteiger partial charge in [0.1, 0.15) is 78.6 Å². The van der Waals surface area contributed by atoms with E-state index in [1.807, 2.05) is 6.92 Å². The van der Waals surface area contributed by atoms with Gasteiger partial charge in [-0.1, -0.05) is 77.8 Å². The number of ether oxygens (including phenoxy) is 7. The average Bonchev–Trinajstić information content (AvgIpc) is 0.673. The third kappa shape index (κ3) is 12.6. The molecule has 0 spiro atoms. The molecule has 510 valence electrons. The summed E-state index contributed by atoms with van der Waals surface area (Å²) in [6, 6.07) is 9.72. The quantitative estimate of drug-likeness (QED) is 0.0392. The van der Waals surface area contributed by atoms with Crippen LogP contribution in [0.2, 0.25) is 0 Å². The van der Waals surface area contributed by atoms with E-state index in [1.165, 1.54) is 13.0 Å². The number of rotatable bonds is 20. The molecule has 12 N–H and O–H groups in total. The van der Waals surface area contributed by atoms with Crippen LogP contribution < -0.4 is 15.4 Å². The summed E-state index contributed by atoms with van der Waals surface area (Å²) in [6.07, 6.45) is -14.1. The molecule has 3 heterocycles. The zero-order valence-corrected chi connectivity index (χ0v) is 53.6. The number of aldehydes is 2. The minimum absolute atomic E-state index is 0.0298. The lowest BCUT2D eigenvalue weighted by Crippen LogP contribution is -2.69. The number of phenols is 1. The maximum absolute atomic E-state index is 15.8. The first kappa shape index (κ1) is 69.8. The monoisotopic (exact) mass is 1290 g/mol. The van der Waals surface area contributed by atoms with Gasteiger partial charge in [0, 0.05) is 18.5 Å². The van der Waals surface area contributed by atoms with Crippen molar-refractivity contribution in [3.8, 4) is 11.5 Å². The predicted molar refractivity (Wildman–Crippen MR) is 326 cm³/mol. The van der Waals surface area contributed by atoms with Crippen molar-refractivity contribution in [1.29, 1.82) is 0 Å². The predicted octanol–water partition coefficient (Wildman–Crippen LogP) is 3.17. The molecule has 8 aliphatic rings. The molecule has 7 fully saturated rings. The molecule has 0 aromatic heterocycles. The molecule has 2 amide bonds. The van der Waals surface area contributed by atoms with Crippen molar-refractivity contribution >= 4 is 30.4 Å². The van der Waals surface area contributed by atoms with Crippen LogP contribution in [0.1, 0.15) is 158 Å². The van der Waals surface area contributed by atoms with Crippen LogP contribution in [0, 0.1) is 50.2 Å². The minimum atomic E-state index is -1.99. The number of carbonyl (C=O) groups excluding carboxylic acids is 5. The molecule has 3 aliphatic heterocycles. The van der Waals surface area contributed by atoms with Crippen LogP contribution in [0.4, 0.5) is 0 Å². The Kier molecular flexibility index (Phi) is 20.7. The molecule has 24 heteroatoms. The topological polar surface area (TPSA) is 376 Å². The first-order valence-electron chi connectivity index (χ1n) is 32.8. The summed E-state index contributed by atoms with van der Waals surface area (Å²) in [5.74, 6) is -2.27. The average molecular weight is 1290 g/mol. The highest BCUT2D eigenvalue weighted by atomic mass is 16.8. The number of aliphatic hydroxyl groups excluding tert-OH is 9. The number of hydrogen-bond acceptors (Lipinski definition) is 22. The van der Waals surface area contributed by atoms with Crippen molar-refractivity contribution in [1.82, 2.24) is 10.6 Å². The number of nitrogens with one attached hydrogen (secondary N) is 2. The van der Waals surface area contributed by atoms with Crippen molar-refractivity contribution in [2.24, 2.45) is 50.2 Å². The maximum atomic E-state index is 15.8. The maximum Gasteiger partial charge on any atom is 0.317 e. The van der Waals surface area contributed by atoms with Crippen LogP contribution in [-0.4, -0.2) is 199 Å². The second-order valence-electron chi connectivity index (χ2n) is 29.2. The van der Waals surface area contributed by atoms with Gasteiger partial charge in [0.15, 0.2) is 25.0 Å². The summed E-state index contributed by atoms with van der Waals surface area (Å²) in [5.41, 5.74) is -1.94. The molecule has 24 nitrogen and oxygen atoms in total. The lowest BCUT2D eigenvalue weighted by atomic mass is 9.33. The van der Waals surface area contributed by atoms with Crippen molar-refractivity contribution in [3.63, 3.8) is 0 Å². The molecule has 2 aromatic rings. The van der Waals surface area contributed by atoms with E-state index in [-0.39, 0.29) is 78.0 Å². The van der Waals surface area contributed by atoms with Gasteiger partial charge < -0.3 is 99.7 Å². The molecule has 92 heavy (non-hydrogen) atoms. The fourth-order valence-electron chi connectivity index (χ4n) is 17.7. The van der Waals surface area contributed by atoms with E-state index in [0.29, 0.717) is 68.8 Å². The molecule has 5 aliphatic carbocycles. The SMILES string of the molecule is CC1O[C@@H](OC2C(O)[C@@H](NC(=O)CCCCCNC(=O)c3ccc(COc4cccc(O)c4C=O)cc3)C(CO)O[C@H]2OC(=O)[C@]23CCC(C)(C)CC2C2=CCC4C5(C)CC[C@H](O)[C@](C)(C=O)[C@@H]5CCC4(C)[C@]2(C)CC3O)C(O)C(O)[C@H]1O[C@@H]1OC[C@@H](O)C(O)C1O. The summed E-state index contributed by atoms with van der Waals surface area (Å²) in [6.45, 7) is 13.5. The molecule has 2 aromatic carbocycles. The van der Waals surface area contributed by atoms with E-state index < -0.39 is 151 Å². The van der Waals surface area contributed by atoms with Gasteiger partial charge in [-0.3, -0.25) is 19.2 Å². The number of aliphatic hydroxyl groups is 9. The van der Waals surface area contributed by atoms with Gasteiger partial charge in [-0.15, -0.1) is 0 Å². The van der Waals surface area contributed by atoms with Gasteiger partial charge in [-0.2, -0.15) is 0 Å². The van der Waals surface area contributed by atoms with Crippen LogP contribution in [0.3, 0.4) is 0 Å².